The Balaban J connectivity index is 1.75. The van der Waals surface area contributed by atoms with E-state index < -0.39 is 10.0 Å². The van der Waals surface area contributed by atoms with Crippen molar-refractivity contribution in [3.63, 3.8) is 0 Å². The number of carbonyl (C=O) groups is 2. The van der Waals surface area contributed by atoms with E-state index in [2.05, 4.69) is 20.2 Å². The summed E-state index contributed by atoms with van der Waals surface area (Å²) >= 11 is 5.39. The minimum Gasteiger partial charge on any atom is -0.355 e. The second-order valence-corrected chi connectivity index (χ2v) is 12.3. The Morgan fingerprint density at radius 1 is 1.07 bits per heavy atom. The summed E-state index contributed by atoms with van der Waals surface area (Å²) in [7, 11) is -3.21. The zero-order valence-electron chi connectivity index (χ0n) is 16.0. The number of sulfonamides is 1. The van der Waals surface area contributed by atoms with Crippen LogP contribution in [0.3, 0.4) is 0 Å². The molecule has 160 valence electrons. The molecule has 0 aliphatic heterocycles. The molecule has 0 atom stereocenters. The summed E-state index contributed by atoms with van der Waals surface area (Å²) in [6, 6.07) is 3.61. The van der Waals surface area contributed by atoms with Gasteiger partial charge in [-0.25, -0.2) is 13.1 Å². The zero-order chi connectivity index (χ0) is 21.3. The van der Waals surface area contributed by atoms with Crippen molar-refractivity contribution in [2.45, 2.75) is 28.4 Å². The molecule has 2 aromatic rings. The summed E-state index contributed by atoms with van der Waals surface area (Å²) in [6.45, 7) is 2.97. The molecular weight excluding hydrogens is 473 g/mol. The fourth-order valence-electron chi connectivity index (χ4n) is 1.98. The number of hydrogen-bond acceptors (Lipinski definition) is 10. The molecule has 0 bridgehead atoms. The molecule has 13 heteroatoms. The van der Waals surface area contributed by atoms with Crippen molar-refractivity contribution < 1.29 is 18.0 Å². The summed E-state index contributed by atoms with van der Waals surface area (Å²) in [5.74, 6) is 0.504. The molecule has 0 aliphatic rings. The van der Waals surface area contributed by atoms with Crippen LogP contribution in [0.5, 0.6) is 0 Å². The van der Waals surface area contributed by atoms with E-state index in [0.29, 0.717) is 38.8 Å². The van der Waals surface area contributed by atoms with Crippen LogP contribution < -0.4 is 10.0 Å². The van der Waals surface area contributed by atoms with E-state index >= 15 is 0 Å². The molecule has 29 heavy (non-hydrogen) atoms. The first-order valence-corrected chi connectivity index (χ1v) is 14.2. The second kappa shape index (κ2) is 12.0. The number of thioether (sulfide) groups is 2. The van der Waals surface area contributed by atoms with E-state index in [1.54, 1.807) is 6.07 Å². The summed E-state index contributed by atoms with van der Waals surface area (Å²) in [4.78, 5) is 25.6. The number of carbonyl (C=O) groups excluding carboxylic acids is 2. The molecule has 0 unspecified atom stereocenters. The highest BCUT2D eigenvalue weighted by Gasteiger charge is 2.13. The van der Waals surface area contributed by atoms with Crippen molar-refractivity contribution in [2.24, 2.45) is 0 Å². The molecule has 2 rings (SSSR count). The normalized spacial score (nSPS) is 11.5. The third-order valence-corrected chi connectivity index (χ3v) is 8.39. The van der Waals surface area contributed by atoms with Crippen molar-refractivity contribution in [1.29, 1.82) is 0 Å². The lowest BCUT2D eigenvalue weighted by Crippen LogP contribution is -2.25. The van der Waals surface area contributed by atoms with Crippen LogP contribution in [0.15, 0.2) is 20.8 Å². The van der Waals surface area contributed by atoms with E-state index in [1.807, 2.05) is 13.0 Å². The standard InChI is InChI=1S/C16H22N4O4S5/c1-3-7-17-14(22)10-26-16-20-19-15(28-16)25-9-12(21)13-5-4-11(27-13)6-8-18-29(2,23)24/h4-5,18H,3,6-10H2,1-2H3,(H,17,22). The Bertz CT molecular complexity index is 925. The van der Waals surface area contributed by atoms with Crippen LogP contribution in [-0.4, -0.2) is 61.2 Å². The number of hydrogen-bond donors (Lipinski definition) is 2. The van der Waals surface area contributed by atoms with Gasteiger partial charge >= 0.3 is 0 Å². The molecule has 2 heterocycles. The summed E-state index contributed by atoms with van der Waals surface area (Å²) in [6.07, 6.45) is 2.56. The lowest BCUT2D eigenvalue weighted by molar-refractivity contribution is -0.118. The van der Waals surface area contributed by atoms with Crippen LogP contribution in [0.4, 0.5) is 0 Å². The van der Waals surface area contributed by atoms with Crippen LogP contribution in [0.1, 0.15) is 27.9 Å². The van der Waals surface area contributed by atoms with Gasteiger partial charge in [0.15, 0.2) is 14.5 Å². The van der Waals surface area contributed by atoms with Gasteiger partial charge in [0.25, 0.3) is 0 Å². The van der Waals surface area contributed by atoms with Gasteiger partial charge in [0.1, 0.15) is 0 Å². The van der Waals surface area contributed by atoms with Gasteiger partial charge in [-0.2, -0.15) is 0 Å². The Hall–Kier alpha value is -0.990. The monoisotopic (exact) mass is 494 g/mol. The van der Waals surface area contributed by atoms with Crippen LogP contribution in [0, 0.1) is 0 Å². The molecule has 0 aromatic carbocycles. The van der Waals surface area contributed by atoms with Crippen LogP contribution in [-0.2, 0) is 21.2 Å². The minimum absolute atomic E-state index is 0.00864. The molecule has 8 nitrogen and oxygen atoms in total. The average molecular weight is 495 g/mol. The fraction of sp³-hybridized carbons (Fsp3) is 0.500. The topological polar surface area (TPSA) is 118 Å². The molecule has 1 amide bonds. The first-order chi connectivity index (χ1) is 13.8. The smallest absolute Gasteiger partial charge is 0.230 e. The third-order valence-electron chi connectivity index (χ3n) is 3.29. The molecule has 2 N–H and O–H groups in total. The number of ketones is 1. The van der Waals surface area contributed by atoms with Crippen molar-refractivity contribution in [3.05, 3.63) is 21.9 Å². The lowest BCUT2D eigenvalue weighted by Gasteiger charge is -2.00. The number of rotatable bonds is 13. The van der Waals surface area contributed by atoms with Crippen molar-refractivity contribution in [2.75, 3.05) is 30.9 Å². The zero-order valence-corrected chi connectivity index (χ0v) is 20.0. The van der Waals surface area contributed by atoms with Gasteiger partial charge in [0.05, 0.1) is 22.6 Å². The summed E-state index contributed by atoms with van der Waals surface area (Å²) < 4.78 is 26.0. The Morgan fingerprint density at radius 2 is 1.76 bits per heavy atom. The van der Waals surface area contributed by atoms with Gasteiger partial charge in [0, 0.05) is 18.0 Å². The highest BCUT2D eigenvalue weighted by atomic mass is 32.2. The van der Waals surface area contributed by atoms with Gasteiger partial charge in [-0.15, -0.1) is 21.5 Å². The van der Waals surface area contributed by atoms with E-state index in [1.165, 1.54) is 46.2 Å². The van der Waals surface area contributed by atoms with Crippen molar-refractivity contribution >= 4 is 67.9 Å². The fourth-order valence-corrected chi connectivity index (χ4v) is 6.22. The Labute approximate surface area is 186 Å². The molecule has 0 radical (unpaired) electrons. The highest BCUT2D eigenvalue weighted by molar-refractivity contribution is 8.03. The SMILES string of the molecule is CCCNC(=O)CSc1nnc(SCC(=O)c2ccc(CCNS(C)(=O)=O)s2)s1. The second-order valence-electron chi connectivity index (χ2n) is 5.87. The van der Waals surface area contributed by atoms with Gasteiger partial charge in [0.2, 0.25) is 15.9 Å². The van der Waals surface area contributed by atoms with E-state index in [0.717, 1.165) is 17.6 Å². The maximum atomic E-state index is 12.4. The van der Waals surface area contributed by atoms with Gasteiger partial charge in [-0.05, 0) is 25.0 Å². The predicted octanol–water partition coefficient (Wildman–Crippen LogP) is 2.28. The number of nitrogens with one attached hydrogen (secondary N) is 2. The van der Waals surface area contributed by atoms with Gasteiger partial charge < -0.3 is 5.32 Å². The van der Waals surface area contributed by atoms with Crippen LogP contribution >= 0.6 is 46.2 Å². The van der Waals surface area contributed by atoms with Gasteiger partial charge in [-0.3, -0.25) is 9.59 Å². The molecule has 0 fully saturated rings. The van der Waals surface area contributed by atoms with Crippen molar-refractivity contribution in [3.8, 4) is 0 Å². The van der Waals surface area contributed by atoms with E-state index in [-0.39, 0.29) is 17.4 Å². The predicted molar refractivity (Wildman–Crippen MR) is 120 cm³/mol. The summed E-state index contributed by atoms with van der Waals surface area (Å²) in [5, 5.41) is 10.9. The van der Waals surface area contributed by atoms with Crippen LogP contribution in [0.25, 0.3) is 0 Å². The molecule has 2 aromatic heterocycles. The average Bonchev–Trinajstić information content (AvgIpc) is 3.31. The van der Waals surface area contributed by atoms with Crippen molar-refractivity contribution in [1.82, 2.24) is 20.2 Å². The maximum Gasteiger partial charge on any atom is 0.230 e. The lowest BCUT2D eigenvalue weighted by atomic mass is 10.3. The molecular formula is C16H22N4O4S5. The minimum atomic E-state index is -3.21. The maximum absolute atomic E-state index is 12.4. The Morgan fingerprint density at radius 3 is 2.41 bits per heavy atom. The third kappa shape index (κ3) is 9.57. The van der Waals surface area contributed by atoms with Gasteiger partial charge in [-0.1, -0.05) is 41.8 Å². The highest BCUT2D eigenvalue weighted by Crippen LogP contribution is 2.29. The molecule has 0 saturated carbocycles. The number of aromatic nitrogens is 2. The van der Waals surface area contributed by atoms with E-state index in [4.69, 9.17) is 0 Å². The van der Waals surface area contributed by atoms with Crippen LogP contribution in [0.2, 0.25) is 0 Å². The number of Topliss-reactive ketones (excluding diaryl/α,β-unsaturated/α-hetero) is 1. The first-order valence-electron chi connectivity index (χ1n) is 8.69. The largest absolute Gasteiger partial charge is 0.355 e. The Kier molecular flexibility index (Phi) is 10.1. The number of nitrogens with zero attached hydrogens (tertiary/aromatic N) is 2. The molecule has 0 spiro atoms. The number of thiophene rings is 1. The summed E-state index contributed by atoms with van der Waals surface area (Å²) in [5.41, 5.74) is 0. The molecule has 0 aliphatic carbocycles. The molecule has 0 saturated heterocycles. The van der Waals surface area contributed by atoms with E-state index in [9.17, 15) is 18.0 Å². The number of amides is 1. The first kappa shape index (κ1) is 24.3. The quantitative estimate of drug-likeness (QED) is 0.322.